The normalized spacial score (nSPS) is 12.2. The molecule has 0 bridgehead atoms. The van der Waals surface area contributed by atoms with E-state index in [-0.39, 0.29) is 19.2 Å². The molecule has 0 unspecified atom stereocenters. The van der Waals surface area contributed by atoms with Gasteiger partial charge < -0.3 is 14.8 Å². The summed E-state index contributed by atoms with van der Waals surface area (Å²) in [6.07, 6.45) is 1.53. The van der Waals surface area contributed by atoms with Crippen LogP contribution in [0.4, 0.5) is 0 Å². The van der Waals surface area contributed by atoms with Crippen LogP contribution in [0.25, 0.3) is 0 Å². The zero-order valence-corrected chi connectivity index (χ0v) is 12.7. The first kappa shape index (κ1) is 15.5. The largest absolute Gasteiger partial charge is 0.454 e. The van der Waals surface area contributed by atoms with Crippen molar-refractivity contribution in [1.29, 1.82) is 0 Å². The van der Waals surface area contributed by atoms with E-state index in [1.165, 1.54) is 6.21 Å². The summed E-state index contributed by atoms with van der Waals surface area (Å²) in [5.41, 5.74) is 3.60. The molecule has 122 valence electrons. The second-order valence-corrected chi connectivity index (χ2v) is 4.95. The van der Waals surface area contributed by atoms with Gasteiger partial charge in [-0.3, -0.25) is 9.59 Å². The predicted octanol–water partition coefficient (Wildman–Crippen LogP) is 1.30. The lowest BCUT2D eigenvalue weighted by molar-refractivity contribution is -0.120. The van der Waals surface area contributed by atoms with Crippen LogP contribution in [0.3, 0.4) is 0 Å². The summed E-state index contributed by atoms with van der Waals surface area (Å²) in [6.45, 7) is -0.0400. The second-order valence-electron chi connectivity index (χ2n) is 4.95. The van der Waals surface area contributed by atoms with Crippen LogP contribution in [0.15, 0.2) is 53.6 Å². The topological polar surface area (TPSA) is 89.0 Å². The molecule has 7 heteroatoms. The maximum absolute atomic E-state index is 12.0. The van der Waals surface area contributed by atoms with Crippen LogP contribution in [-0.4, -0.2) is 31.4 Å². The Morgan fingerprint density at radius 2 is 1.88 bits per heavy atom. The Morgan fingerprint density at radius 1 is 1.08 bits per heavy atom. The number of hydrogen-bond acceptors (Lipinski definition) is 5. The number of carbonyl (C=O) groups excluding carboxylic acids is 2. The molecule has 3 rings (SSSR count). The fourth-order valence-corrected chi connectivity index (χ4v) is 2.06. The van der Waals surface area contributed by atoms with Crippen molar-refractivity contribution in [3.05, 3.63) is 59.7 Å². The first-order valence-electron chi connectivity index (χ1n) is 7.27. The summed E-state index contributed by atoms with van der Waals surface area (Å²) in [7, 11) is 0. The fraction of sp³-hybridized carbons (Fsp3) is 0.118. The Kier molecular flexibility index (Phi) is 4.71. The lowest BCUT2D eigenvalue weighted by Gasteiger charge is -2.05. The highest BCUT2D eigenvalue weighted by atomic mass is 16.7. The van der Waals surface area contributed by atoms with E-state index in [9.17, 15) is 9.59 Å². The summed E-state index contributed by atoms with van der Waals surface area (Å²) in [5, 5.41) is 6.34. The molecule has 1 heterocycles. The van der Waals surface area contributed by atoms with E-state index >= 15 is 0 Å². The van der Waals surface area contributed by atoms with Crippen molar-refractivity contribution in [3.63, 3.8) is 0 Å². The van der Waals surface area contributed by atoms with Gasteiger partial charge in [0.25, 0.3) is 11.8 Å². The molecule has 2 aromatic carbocycles. The van der Waals surface area contributed by atoms with Crippen molar-refractivity contribution >= 4 is 18.0 Å². The van der Waals surface area contributed by atoms with E-state index in [1.54, 1.807) is 18.2 Å². The first-order chi connectivity index (χ1) is 11.7. The highest BCUT2D eigenvalue weighted by Gasteiger charge is 2.16. The van der Waals surface area contributed by atoms with Gasteiger partial charge in [-0.1, -0.05) is 30.3 Å². The number of rotatable bonds is 5. The summed E-state index contributed by atoms with van der Waals surface area (Å²) >= 11 is 0. The van der Waals surface area contributed by atoms with Crippen LogP contribution in [0.2, 0.25) is 0 Å². The van der Waals surface area contributed by atoms with Gasteiger partial charge in [-0.05, 0) is 23.8 Å². The van der Waals surface area contributed by atoms with E-state index in [2.05, 4.69) is 15.8 Å². The molecule has 0 spiro atoms. The number of amides is 2. The van der Waals surface area contributed by atoms with Crippen LogP contribution in [-0.2, 0) is 4.79 Å². The van der Waals surface area contributed by atoms with Crippen LogP contribution in [0.1, 0.15) is 15.9 Å². The molecule has 1 aliphatic heterocycles. The van der Waals surface area contributed by atoms with Gasteiger partial charge >= 0.3 is 0 Å². The van der Waals surface area contributed by atoms with E-state index in [0.717, 1.165) is 5.56 Å². The summed E-state index contributed by atoms with van der Waals surface area (Å²) < 4.78 is 10.4. The molecule has 0 atom stereocenters. The quantitative estimate of drug-likeness (QED) is 0.640. The molecule has 2 N–H and O–H groups in total. The number of nitrogens with zero attached hydrogens (tertiary/aromatic N) is 1. The monoisotopic (exact) mass is 325 g/mol. The molecule has 2 amide bonds. The van der Waals surface area contributed by atoms with Gasteiger partial charge in [-0.25, -0.2) is 5.43 Å². The van der Waals surface area contributed by atoms with Gasteiger partial charge in [-0.2, -0.15) is 5.10 Å². The molecule has 0 saturated heterocycles. The third-order valence-corrected chi connectivity index (χ3v) is 3.25. The van der Waals surface area contributed by atoms with E-state index in [4.69, 9.17) is 9.47 Å². The number of hydrazone groups is 1. The number of fused-ring (bicyclic) bond motifs is 1. The van der Waals surface area contributed by atoms with Gasteiger partial charge in [0, 0.05) is 5.56 Å². The summed E-state index contributed by atoms with van der Waals surface area (Å²) in [6, 6.07) is 14.2. The maximum atomic E-state index is 12.0. The Bertz CT molecular complexity index is 775. The van der Waals surface area contributed by atoms with Crippen molar-refractivity contribution in [2.24, 2.45) is 5.10 Å². The fourth-order valence-electron chi connectivity index (χ4n) is 2.06. The third-order valence-electron chi connectivity index (χ3n) is 3.25. The number of ether oxygens (including phenoxy) is 2. The predicted molar refractivity (Wildman–Crippen MR) is 87.1 cm³/mol. The molecule has 0 fully saturated rings. The lowest BCUT2D eigenvalue weighted by Crippen LogP contribution is -2.34. The Morgan fingerprint density at radius 3 is 2.71 bits per heavy atom. The molecule has 24 heavy (non-hydrogen) atoms. The number of carbonyl (C=O) groups is 2. The molecular weight excluding hydrogens is 310 g/mol. The van der Waals surface area contributed by atoms with Crippen LogP contribution >= 0.6 is 0 Å². The van der Waals surface area contributed by atoms with Crippen LogP contribution in [0, 0.1) is 0 Å². The smallest absolute Gasteiger partial charge is 0.259 e. The van der Waals surface area contributed by atoms with Crippen molar-refractivity contribution in [1.82, 2.24) is 10.7 Å². The van der Waals surface area contributed by atoms with E-state index in [0.29, 0.717) is 17.1 Å². The molecule has 1 aliphatic rings. The molecular formula is C17H15N3O4. The third kappa shape index (κ3) is 3.89. The number of benzene rings is 2. The minimum absolute atomic E-state index is 0.141. The molecule has 0 aliphatic carbocycles. The zero-order valence-electron chi connectivity index (χ0n) is 12.7. The Balaban J connectivity index is 1.47. The van der Waals surface area contributed by atoms with E-state index in [1.807, 2.05) is 30.3 Å². The van der Waals surface area contributed by atoms with Crippen LogP contribution in [0.5, 0.6) is 11.5 Å². The van der Waals surface area contributed by atoms with Gasteiger partial charge in [-0.15, -0.1) is 0 Å². The maximum Gasteiger partial charge on any atom is 0.259 e. The first-order valence-corrected chi connectivity index (χ1v) is 7.27. The number of nitrogens with one attached hydrogen (secondary N) is 2. The van der Waals surface area contributed by atoms with Crippen molar-refractivity contribution < 1.29 is 19.1 Å². The highest BCUT2D eigenvalue weighted by molar-refractivity contribution is 5.97. The van der Waals surface area contributed by atoms with Crippen molar-refractivity contribution in [3.8, 4) is 11.5 Å². The standard InChI is InChI=1S/C17H15N3O4/c21-16(20-19-9-12-4-2-1-3-5-12)10-18-17(22)13-6-7-14-15(8-13)24-11-23-14/h1-9H,10-11H2,(H,18,22)(H,20,21)/b19-9+. The van der Waals surface area contributed by atoms with Gasteiger partial charge in [0.05, 0.1) is 12.8 Å². The highest BCUT2D eigenvalue weighted by Crippen LogP contribution is 2.32. The second kappa shape index (κ2) is 7.28. The molecule has 7 nitrogen and oxygen atoms in total. The average Bonchev–Trinajstić information content (AvgIpc) is 3.08. The summed E-state index contributed by atoms with van der Waals surface area (Å²) in [4.78, 5) is 23.7. The SMILES string of the molecule is O=C(CNC(=O)c1ccc2c(c1)OCO2)N/N=C/c1ccccc1. The minimum Gasteiger partial charge on any atom is -0.454 e. The average molecular weight is 325 g/mol. The van der Waals surface area contributed by atoms with Crippen LogP contribution < -0.4 is 20.2 Å². The van der Waals surface area contributed by atoms with Gasteiger partial charge in [0.1, 0.15) is 0 Å². The molecule has 2 aromatic rings. The lowest BCUT2D eigenvalue weighted by atomic mass is 10.2. The Hall–Kier alpha value is -3.35. The molecule has 0 saturated carbocycles. The Labute approximate surface area is 138 Å². The molecule has 0 radical (unpaired) electrons. The molecule has 0 aromatic heterocycles. The minimum atomic E-state index is -0.420. The number of hydrogen-bond donors (Lipinski definition) is 2. The van der Waals surface area contributed by atoms with Crippen molar-refractivity contribution in [2.75, 3.05) is 13.3 Å². The van der Waals surface area contributed by atoms with Gasteiger partial charge in [0.15, 0.2) is 11.5 Å². The summed E-state index contributed by atoms with van der Waals surface area (Å²) in [5.74, 6) is 0.311. The van der Waals surface area contributed by atoms with E-state index < -0.39 is 5.91 Å². The zero-order chi connectivity index (χ0) is 16.8. The van der Waals surface area contributed by atoms with Crippen molar-refractivity contribution in [2.45, 2.75) is 0 Å². The van der Waals surface area contributed by atoms with Gasteiger partial charge in [0.2, 0.25) is 6.79 Å².